The fraction of sp³-hybridized carbons (Fsp3) is 0.529. The second-order valence-electron chi connectivity index (χ2n) is 6.54. The summed E-state index contributed by atoms with van der Waals surface area (Å²) in [5.74, 6) is 0.0898. The molecular weight excluding hydrogens is 320 g/mol. The lowest BCUT2D eigenvalue weighted by atomic mass is 9.99. The van der Waals surface area contributed by atoms with Gasteiger partial charge in [0.1, 0.15) is 12.3 Å². The molecule has 0 bridgehead atoms. The second-order valence-corrected chi connectivity index (χ2v) is 6.54. The van der Waals surface area contributed by atoms with Gasteiger partial charge < -0.3 is 9.64 Å². The van der Waals surface area contributed by atoms with Gasteiger partial charge >= 0.3 is 0 Å². The van der Waals surface area contributed by atoms with Crippen molar-refractivity contribution in [2.75, 3.05) is 33.9 Å². The van der Waals surface area contributed by atoms with E-state index in [-0.39, 0.29) is 18.4 Å². The lowest BCUT2D eigenvalue weighted by Crippen LogP contribution is -2.37. The lowest BCUT2D eigenvalue weighted by Gasteiger charge is -2.31. The van der Waals surface area contributed by atoms with E-state index in [2.05, 4.69) is 20.2 Å². The van der Waals surface area contributed by atoms with Crippen LogP contribution in [0.4, 0.5) is 0 Å². The Morgan fingerprint density at radius 3 is 2.96 bits per heavy atom. The summed E-state index contributed by atoms with van der Waals surface area (Å²) in [6.45, 7) is 2.87. The minimum Gasteiger partial charge on any atom is -0.371 e. The fourth-order valence-corrected chi connectivity index (χ4v) is 3.08. The van der Waals surface area contributed by atoms with Gasteiger partial charge in [-0.1, -0.05) is 11.3 Å². The van der Waals surface area contributed by atoms with Gasteiger partial charge in [-0.15, -0.1) is 5.10 Å². The number of carbonyl (C=O) groups excluding carboxylic acids is 1. The fourth-order valence-electron chi connectivity index (χ4n) is 3.08. The molecule has 0 fully saturated rings. The number of aryl methyl sites for hydroxylation is 1. The maximum absolute atomic E-state index is 11.7. The molecule has 8 heteroatoms. The van der Waals surface area contributed by atoms with Gasteiger partial charge in [0, 0.05) is 52.9 Å². The van der Waals surface area contributed by atoms with Crippen LogP contribution in [0, 0.1) is 0 Å². The number of fused-ring (bicyclic) bond motifs is 1. The minimum atomic E-state index is -0.0375. The standard InChI is InChI=1S/C17H24N6O2/c1-21(2)16(24)12-25-11-13-8-23(9-14-6-4-5-7-18-14)10-15-17(13)22(3)20-19-15/h4-7,13H,8-12H2,1-3H3/t13-/m0/s1. The van der Waals surface area contributed by atoms with Crippen molar-refractivity contribution in [2.45, 2.75) is 19.0 Å². The van der Waals surface area contributed by atoms with E-state index in [1.165, 1.54) is 4.90 Å². The molecule has 0 aliphatic carbocycles. The molecule has 3 rings (SSSR count). The summed E-state index contributed by atoms with van der Waals surface area (Å²) in [5, 5.41) is 8.45. The van der Waals surface area contributed by atoms with Gasteiger partial charge in [0.25, 0.3) is 0 Å². The monoisotopic (exact) mass is 344 g/mol. The Balaban J connectivity index is 1.67. The molecule has 0 spiro atoms. The van der Waals surface area contributed by atoms with Crippen LogP contribution in [0.2, 0.25) is 0 Å². The van der Waals surface area contributed by atoms with Crippen LogP contribution in [0.3, 0.4) is 0 Å². The van der Waals surface area contributed by atoms with Crippen LogP contribution >= 0.6 is 0 Å². The van der Waals surface area contributed by atoms with Crippen LogP contribution in [-0.2, 0) is 29.7 Å². The van der Waals surface area contributed by atoms with E-state index in [4.69, 9.17) is 4.74 Å². The predicted octanol–water partition coefficient (Wildman–Crippen LogP) is 0.414. The number of likely N-dealkylation sites (N-methyl/N-ethyl adjacent to an activating group) is 1. The number of carbonyl (C=O) groups is 1. The molecule has 8 nitrogen and oxygen atoms in total. The Morgan fingerprint density at radius 2 is 2.24 bits per heavy atom. The van der Waals surface area contributed by atoms with Crippen LogP contribution in [0.15, 0.2) is 24.4 Å². The quantitative estimate of drug-likeness (QED) is 0.756. The molecule has 0 radical (unpaired) electrons. The highest BCUT2D eigenvalue weighted by molar-refractivity contribution is 5.76. The topological polar surface area (TPSA) is 76.4 Å². The molecule has 3 heterocycles. The van der Waals surface area contributed by atoms with Crippen molar-refractivity contribution in [3.05, 3.63) is 41.5 Å². The van der Waals surface area contributed by atoms with Gasteiger partial charge in [0.2, 0.25) is 5.91 Å². The first-order valence-electron chi connectivity index (χ1n) is 8.33. The predicted molar refractivity (Wildman–Crippen MR) is 91.6 cm³/mol. The minimum absolute atomic E-state index is 0.0375. The zero-order valence-corrected chi connectivity index (χ0v) is 14.9. The average molecular weight is 344 g/mol. The van der Waals surface area contributed by atoms with Gasteiger partial charge in [0.05, 0.1) is 18.0 Å². The Bertz CT molecular complexity index is 715. The summed E-state index contributed by atoms with van der Waals surface area (Å²) in [7, 11) is 5.35. The number of hydrogen-bond acceptors (Lipinski definition) is 6. The van der Waals surface area contributed by atoms with E-state index in [1.54, 1.807) is 20.3 Å². The summed E-state index contributed by atoms with van der Waals surface area (Å²) < 4.78 is 7.49. The van der Waals surface area contributed by atoms with Gasteiger partial charge in [-0.25, -0.2) is 0 Å². The van der Waals surface area contributed by atoms with E-state index < -0.39 is 0 Å². The molecular formula is C17H24N6O2. The first kappa shape index (κ1) is 17.5. The van der Waals surface area contributed by atoms with Gasteiger partial charge in [-0.05, 0) is 12.1 Å². The molecule has 1 atom stereocenters. The number of hydrogen-bond donors (Lipinski definition) is 0. The summed E-state index contributed by atoms with van der Waals surface area (Å²) in [6, 6.07) is 5.93. The number of rotatable bonds is 6. The Morgan fingerprint density at radius 1 is 1.40 bits per heavy atom. The van der Waals surface area contributed by atoms with Crippen LogP contribution in [0.1, 0.15) is 23.0 Å². The maximum Gasteiger partial charge on any atom is 0.248 e. The van der Waals surface area contributed by atoms with Gasteiger partial charge in [-0.2, -0.15) is 0 Å². The van der Waals surface area contributed by atoms with Crippen molar-refractivity contribution in [3.8, 4) is 0 Å². The molecule has 0 saturated heterocycles. The molecule has 1 amide bonds. The molecule has 2 aromatic rings. The molecule has 2 aromatic heterocycles. The molecule has 0 saturated carbocycles. The van der Waals surface area contributed by atoms with Crippen molar-refractivity contribution in [1.29, 1.82) is 0 Å². The highest BCUT2D eigenvalue weighted by Gasteiger charge is 2.30. The number of pyridine rings is 1. The highest BCUT2D eigenvalue weighted by atomic mass is 16.5. The van der Waals surface area contributed by atoms with Crippen molar-refractivity contribution >= 4 is 5.91 Å². The Kier molecular flexibility index (Phi) is 5.40. The van der Waals surface area contributed by atoms with Crippen molar-refractivity contribution < 1.29 is 9.53 Å². The summed E-state index contributed by atoms with van der Waals surface area (Å²) in [5.41, 5.74) is 3.09. The molecule has 134 valence electrons. The van der Waals surface area contributed by atoms with E-state index in [0.717, 1.165) is 36.7 Å². The maximum atomic E-state index is 11.7. The summed E-state index contributed by atoms with van der Waals surface area (Å²) in [6.07, 6.45) is 1.81. The highest BCUT2D eigenvalue weighted by Crippen LogP contribution is 2.27. The van der Waals surface area contributed by atoms with E-state index in [1.807, 2.05) is 29.9 Å². The average Bonchev–Trinajstić information content (AvgIpc) is 2.96. The zero-order valence-electron chi connectivity index (χ0n) is 14.9. The molecule has 1 aliphatic heterocycles. The molecule has 25 heavy (non-hydrogen) atoms. The second kappa shape index (κ2) is 7.71. The number of aromatic nitrogens is 4. The van der Waals surface area contributed by atoms with Crippen molar-refractivity contribution in [1.82, 2.24) is 29.8 Å². The van der Waals surface area contributed by atoms with Gasteiger partial charge in [0.15, 0.2) is 0 Å². The molecule has 0 unspecified atom stereocenters. The van der Waals surface area contributed by atoms with Gasteiger partial charge in [-0.3, -0.25) is 19.4 Å². The third-order valence-corrected chi connectivity index (χ3v) is 4.34. The smallest absolute Gasteiger partial charge is 0.248 e. The first-order valence-corrected chi connectivity index (χ1v) is 8.33. The molecule has 0 N–H and O–H groups in total. The van der Waals surface area contributed by atoms with Crippen molar-refractivity contribution in [3.63, 3.8) is 0 Å². The molecule has 0 aromatic carbocycles. The lowest BCUT2D eigenvalue weighted by molar-refractivity contribution is -0.133. The summed E-state index contributed by atoms with van der Waals surface area (Å²) >= 11 is 0. The number of amides is 1. The Labute approximate surface area is 147 Å². The van der Waals surface area contributed by atoms with Crippen LogP contribution in [0.25, 0.3) is 0 Å². The Hall–Kier alpha value is -2.32. The third-order valence-electron chi connectivity index (χ3n) is 4.34. The third kappa shape index (κ3) is 4.21. The first-order chi connectivity index (χ1) is 12.0. The number of ether oxygens (including phenoxy) is 1. The van der Waals surface area contributed by atoms with Crippen molar-refractivity contribution in [2.24, 2.45) is 7.05 Å². The van der Waals surface area contributed by atoms with Crippen LogP contribution in [0.5, 0.6) is 0 Å². The SMILES string of the molecule is CN(C)C(=O)COC[C@@H]1CN(Cc2ccccn2)Cc2nnn(C)c21. The number of nitrogens with zero attached hydrogens (tertiary/aromatic N) is 6. The normalized spacial score (nSPS) is 17.3. The largest absolute Gasteiger partial charge is 0.371 e. The van der Waals surface area contributed by atoms with E-state index in [9.17, 15) is 4.79 Å². The van der Waals surface area contributed by atoms with Crippen LogP contribution in [-0.4, -0.2) is 69.5 Å². The van der Waals surface area contributed by atoms with E-state index >= 15 is 0 Å². The van der Waals surface area contributed by atoms with Crippen LogP contribution < -0.4 is 0 Å². The van der Waals surface area contributed by atoms with E-state index in [0.29, 0.717) is 6.61 Å². The zero-order chi connectivity index (χ0) is 17.8. The molecule has 1 aliphatic rings. The summed E-state index contributed by atoms with van der Waals surface area (Å²) in [4.78, 5) is 19.9.